The van der Waals surface area contributed by atoms with E-state index in [1.54, 1.807) is 12.1 Å². The van der Waals surface area contributed by atoms with Crippen LogP contribution in [0, 0.1) is 16.0 Å². The van der Waals surface area contributed by atoms with E-state index in [1.807, 2.05) is 19.2 Å². The van der Waals surface area contributed by atoms with Crippen LogP contribution in [-0.4, -0.2) is 36.5 Å². The van der Waals surface area contributed by atoms with Crippen molar-refractivity contribution < 1.29 is 4.92 Å². The Balaban J connectivity index is 1.88. The van der Waals surface area contributed by atoms with Crippen LogP contribution in [0.2, 0.25) is 0 Å². The molecule has 5 heteroatoms. The van der Waals surface area contributed by atoms with Crippen LogP contribution in [0.1, 0.15) is 24.8 Å². The highest BCUT2D eigenvalue weighted by Crippen LogP contribution is 2.24. The third kappa shape index (κ3) is 4.02. The third-order valence-corrected chi connectivity index (χ3v) is 4.09. The minimum atomic E-state index is -0.283. The van der Waals surface area contributed by atoms with E-state index in [0.29, 0.717) is 6.54 Å². The summed E-state index contributed by atoms with van der Waals surface area (Å²) in [5.41, 5.74) is 1.07. The fraction of sp³-hybridized carbons (Fsp3) is 0.600. The zero-order valence-corrected chi connectivity index (χ0v) is 12.0. The number of rotatable bonds is 6. The van der Waals surface area contributed by atoms with E-state index < -0.39 is 0 Å². The number of nitro groups is 1. The summed E-state index contributed by atoms with van der Waals surface area (Å²) in [6.45, 7) is 3.85. The number of hydrogen-bond donors (Lipinski definition) is 1. The second-order valence-electron chi connectivity index (χ2n) is 5.50. The van der Waals surface area contributed by atoms with Gasteiger partial charge in [0.05, 0.1) is 4.92 Å². The second-order valence-corrected chi connectivity index (χ2v) is 5.50. The molecule has 0 atom stereocenters. The first-order chi connectivity index (χ1) is 9.70. The Bertz CT molecular complexity index is 442. The van der Waals surface area contributed by atoms with Gasteiger partial charge >= 0.3 is 0 Å². The van der Waals surface area contributed by atoms with Gasteiger partial charge in [0.15, 0.2) is 0 Å². The maximum Gasteiger partial charge on any atom is 0.273 e. The minimum absolute atomic E-state index is 0.241. The van der Waals surface area contributed by atoms with E-state index in [4.69, 9.17) is 0 Å². The molecule has 1 saturated heterocycles. The Morgan fingerprint density at radius 3 is 2.70 bits per heavy atom. The van der Waals surface area contributed by atoms with Crippen molar-refractivity contribution in [1.82, 2.24) is 10.2 Å². The van der Waals surface area contributed by atoms with Crippen LogP contribution < -0.4 is 5.32 Å². The van der Waals surface area contributed by atoms with Gasteiger partial charge in [0.2, 0.25) is 0 Å². The van der Waals surface area contributed by atoms with Crippen molar-refractivity contribution in [1.29, 1.82) is 0 Å². The van der Waals surface area contributed by atoms with Crippen LogP contribution in [0.15, 0.2) is 24.3 Å². The first-order valence-electron chi connectivity index (χ1n) is 7.30. The van der Waals surface area contributed by atoms with Crippen LogP contribution >= 0.6 is 0 Å². The molecule has 2 rings (SSSR count). The van der Waals surface area contributed by atoms with E-state index in [-0.39, 0.29) is 10.6 Å². The van der Waals surface area contributed by atoms with Gasteiger partial charge in [-0.1, -0.05) is 18.2 Å². The van der Waals surface area contributed by atoms with E-state index in [0.717, 1.165) is 31.1 Å². The quantitative estimate of drug-likeness (QED) is 0.641. The average Bonchev–Trinajstić information content (AvgIpc) is 2.47. The number of hydrogen-bond acceptors (Lipinski definition) is 4. The van der Waals surface area contributed by atoms with E-state index in [2.05, 4.69) is 10.2 Å². The maximum atomic E-state index is 11.0. The molecule has 0 spiro atoms. The first kappa shape index (κ1) is 14.9. The van der Waals surface area contributed by atoms with Gasteiger partial charge in [-0.15, -0.1) is 0 Å². The molecule has 0 aromatic heterocycles. The molecule has 1 aliphatic rings. The zero-order chi connectivity index (χ0) is 14.4. The number of nitrogens with zero attached hydrogens (tertiary/aromatic N) is 2. The largest absolute Gasteiger partial charge is 0.320 e. The van der Waals surface area contributed by atoms with Crippen molar-refractivity contribution in [2.45, 2.75) is 25.8 Å². The van der Waals surface area contributed by atoms with Gasteiger partial charge in [-0.3, -0.25) is 15.0 Å². The highest BCUT2D eigenvalue weighted by molar-refractivity contribution is 5.39. The standard InChI is InChI=1S/C15H23N3O2/c1-16-9-6-13-7-10-17(11-8-13)12-14-4-2-3-5-15(14)18(19)20/h2-5,13,16H,6-12H2,1H3. The van der Waals surface area contributed by atoms with Crippen molar-refractivity contribution in [3.05, 3.63) is 39.9 Å². The number of para-hydroxylation sites is 1. The molecule has 1 aliphatic heterocycles. The van der Waals surface area contributed by atoms with Crippen LogP contribution in [0.3, 0.4) is 0 Å². The maximum absolute atomic E-state index is 11.0. The van der Waals surface area contributed by atoms with Crippen molar-refractivity contribution >= 4 is 5.69 Å². The SMILES string of the molecule is CNCCC1CCN(Cc2ccccc2[N+](=O)[O-])CC1. The summed E-state index contributed by atoms with van der Waals surface area (Å²) in [5.74, 6) is 0.796. The molecule has 1 fully saturated rings. The van der Waals surface area contributed by atoms with Crippen molar-refractivity contribution in [3.63, 3.8) is 0 Å². The Hall–Kier alpha value is -1.46. The van der Waals surface area contributed by atoms with E-state index in [1.165, 1.54) is 19.3 Å². The smallest absolute Gasteiger partial charge is 0.273 e. The highest BCUT2D eigenvalue weighted by atomic mass is 16.6. The molecule has 0 amide bonds. The average molecular weight is 277 g/mol. The van der Waals surface area contributed by atoms with Crippen molar-refractivity contribution in [2.75, 3.05) is 26.7 Å². The Labute approximate surface area is 120 Å². The van der Waals surface area contributed by atoms with Gasteiger partial charge in [-0.25, -0.2) is 0 Å². The number of nitrogens with one attached hydrogen (secondary N) is 1. The normalized spacial score (nSPS) is 17.2. The summed E-state index contributed by atoms with van der Waals surface area (Å²) in [6.07, 6.45) is 3.63. The summed E-state index contributed by atoms with van der Waals surface area (Å²) in [5, 5.41) is 14.2. The van der Waals surface area contributed by atoms with Crippen molar-refractivity contribution in [2.24, 2.45) is 5.92 Å². The lowest BCUT2D eigenvalue weighted by atomic mass is 9.93. The minimum Gasteiger partial charge on any atom is -0.320 e. The van der Waals surface area contributed by atoms with Crippen LogP contribution in [0.5, 0.6) is 0 Å². The first-order valence-corrected chi connectivity index (χ1v) is 7.30. The molecular weight excluding hydrogens is 254 g/mol. The molecule has 20 heavy (non-hydrogen) atoms. The van der Waals surface area contributed by atoms with Crippen LogP contribution in [-0.2, 0) is 6.54 Å². The van der Waals surface area contributed by atoms with E-state index >= 15 is 0 Å². The lowest BCUT2D eigenvalue weighted by molar-refractivity contribution is -0.385. The fourth-order valence-corrected chi connectivity index (χ4v) is 2.85. The van der Waals surface area contributed by atoms with Gasteiger partial charge in [0, 0.05) is 18.2 Å². The molecule has 0 radical (unpaired) electrons. The molecule has 0 unspecified atom stereocenters. The van der Waals surface area contributed by atoms with Gasteiger partial charge in [-0.05, 0) is 51.9 Å². The van der Waals surface area contributed by atoms with Crippen molar-refractivity contribution in [3.8, 4) is 0 Å². The Morgan fingerprint density at radius 1 is 1.35 bits per heavy atom. The second kappa shape index (κ2) is 7.36. The number of likely N-dealkylation sites (tertiary alicyclic amines) is 1. The molecule has 1 aromatic rings. The van der Waals surface area contributed by atoms with Gasteiger partial charge in [0.1, 0.15) is 0 Å². The zero-order valence-electron chi connectivity index (χ0n) is 12.0. The molecule has 0 bridgehead atoms. The summed E-state index contributed by atoms with van der Waals surface area (Å²) < 4.78 is 0. The predicted molar refractivity (Wildman–Crippen MR) is 79.6 cm³/mol. The lowest BCUT2D eigenvalue weighted by Gasteiger charge is -2.31. The Kier molecular flexibility index (Phi) is 5.49. The topological polar surface area (TPSA) is 58.4 Å². The van der Waals surface area contributed by atoms with Gasteiger partial charge < -0.3 is 5.32 Å². The lowest BCUT2D eigenvalue weighted by Crippen LogP contribution is -2.34. The number of nitro benzene ring substituents is 1. The molecule has 0 saturated carbocycles. The number of piperidine rings is 1. The summed E-state index contributed by atoms with van der Waals surface area (Å²) in [7, 11) is 1.99. The van der Waals surface area contributed by atoms with Crippen LogP contribution in [0.4, 0.5) is 5.69 Å². The fourth-order valence-electron chi connectivity index (χ4n) is 2.85. The van der Waals surface area contributed by atoms with Gasteiger partial charge in [-0.2, -0.15) is 0 Å². The third-order valence-electron chi connectivity index (χ3n) is 4.09. The predicted octanol–water partition coefficient (Wildman–Crippen LogP) is 2.42. The molecule has 1 aromatic carbocycles. The highest BCUT2D eigenvalue weighted by Gasteiger charge is 2.21. The molecule has 110 valence electrons. The number of benzene rings is 1. The molecule has 0 aliphatic carbocycles. The molecule has 1 heterocycles. The molecule has 5 nitrogen and oxygen atoms in total. The summed E-state index contributed by atoms with van der Waals surface area (Å²) in [4.78, 5) is 13.1. The summed E-state index contributed by atoms with van der Waals surface area (Å²) >= 11 is 0. The van der Waals surface area contributed by atoms with E-state index in [9.17, 15) is 10.1 Å². The molecule has 1 N–H and O–H groups in total. The van der Waals surface area contributed by atoms with Gasteiger partial charge in [0.25, 0.3) is 5.69 Å². The Morgan fingerprint density at radius 2 is 2.05 bits per heavy atom. The monoisotopic (exact) mass is 277 g/mol. The van der Waals surface area contributed by atoms with Crippen LogP contribution in [0.25, 0.3) is 0 Å². The summed E-state index contributed by atoms with van der Waals surface area (Å²) in [6, 6.07) is 7.06. The molecular formula is C15H23N3O2.